The van der Waals surface area contributed by atoms with Crippen molar-refractivity contribution in [3.8, 4) is 5.75 Å². The quantitative estimate of drug-likeness (QED) is 0.664. The van der Waals surface area contributed by atoms with Crippen molar-refractivity contribution in [2.24, 2.45) is 4.99 Å². The van der Waals surface area contributed by atoms with Crippen LogP contribution in [0.2, 0.25) is 0 Å². The number of ether oxygens (including phenoxy) is 1. The standard InChI is InChI=1S/C22H22N2O4S/c1-3-12-28-18-10-8-15(9-11-18)13-19-20(25)24(4-2)22(29-19)23-17-7-5-6-16(14-17)21(26)27/h5-11,13-14H,3-4,12H2,1-2H3,(H,26,27)/b19-13-,23-22?. The van der Waals surface area contributed by atoms with Gasteiger partial charge < -0.3 is 9.84 Å². The Bertz CT molecular complexity index is 967. The fraction of sp³-hybridized carbons (Fsp3) is 0.227. The van der Waals surface area contributed by atoms with Gasteiger partial charge in [0.05, 0.1) is 22.8 Å². The maximum absolute atomic E-state index is 12.8. The van der Waals surface area contributed by atoms with Crippen LogP contribution in [0.1, 0.15) is 36.2 Å². The van der Waals surface area contributed by atoms with E-state index in [-0.39, 0.29) is 11.5 Å². The van der Waals surface area contributed by atoms with Gasteiger partial charge in [0.25, 0.3) is 5.91 Å². The van der Waals surface area contributed by atoms with Gasteiger partial charge in [-0.05, 0) is 67.1 Å². The molecule has 0 radical (unpaired) electrons. The number of carbonyl (C=O) groups is 2. The number of amidine groups is 1. The molecule has 0 saturated carbocycles. The third kappa shape index (κ3) is 5.06. The summed E-state index contributed by atoms with van der Waals surface area (Å²) in [5, 5.41) is 9.68. The number of benzene rings is 2. The Morgan fingerprint density at radius 1 is 1.21 bits per heavy atom. The van der Waals surface area contributed by atoms with E-state index in [1.165, 1.54) is 23.9 Å². The number of likely N-dealkylation sites (N-methyl/N-ethyl adjacent to an activating group) is 1. The molecular weight excluding hydrogens is 388 g/mol. The van der Waals surface area contributed by atoms with Gasteiger partial charge in [-0.1, -0.05) is 25.1 Å². The first kappa shape index (κ1) is 20.7. The molecule has 0 bridgehead atoms. The second kappa shape index (κ2) is 9.43. The van der Waals surface area contributed by atoms with Crippen molar-refractivity contribution >= 4 is 40.6 Å². The molecule has 29 heavy (non-hydrogen) atoms. The van der Waals surface area contributed by atoms with Crippen LogP contribution in [-0.2, 0) is 4.79 Å². The molecule has 150 valence electrons. The Hall–Kier alpha value is -3.06. The summed E-state index contributed by atoms with van der Waals surface area (Å²) in [5.74, 6) is -0.325. The molecule has 0 aliphatic carbocycles. The Morgan fingerprint density at radius 2 is 1.97 bits per heavy atom. The molecule has 0 spiro atoms. The number of aromatic carboxylic acids is 1. The number of thioether (sulfide) groups is 1. The summed E-state index contributed by atoms with van der Waals surface area (Å²) < 4.78 is 5.58. The van der Waals surface area contributed by atoms with Gasteiger partial charge in [-0.2, -0.15) is 0 Å². The summed E-state index contributed by atoms with van der Waals surface area (Å²) in [6, 6.07) is 13.9. The van der Waals surface area contributed by atoms with Gasteiger partial charge in [0, 0.05) is 6.54 Å². The lowest BCUT2D eigenvalue weighted by Crippen LogP contribution is -2.28. The number of aliphatic imine (C=N–C) groups is 1. The monoisotopic (exact) mass is 410 g/mol. The summed E-state index contributed by atoms with van der Waals surface area (Å²) >= 11 is 1.28. The highest BCUT2D eigenvalue weighted by Crippen LogP contribution is 2.34. The fourth-order valence-electron chi connectivity index (χ4n) is 2.72. The fourth-order valence-corrected chi connectivity index (χ4v) is 3.78. The third-order valence-corrected chi connectivity index (χ3v) is 5.18. The first-order valence-corrected chi connectivity index (χ1v) is 10.2. The van der Waals surface area contributed by atoms with Crippen LogP contribution in [0.15, 0.2) is 58.4 Å². The topological polar surface area (TPSA) is 79.2 Å². The highest BCUT2D eigenvalue weighted by molar-refractivity contribution is 8.18. The number of amides is 1. The minimum atomic E-state index is -1.01. The zero-order chi connectivity index (χ0) is 20.8. The van der Waals surface area contributed by atoms with E-state index in [2.05, 4.69) is 11.9 Å². The van der Waals surface area contributed by atoms with Gasteiger partial charge in [-0.3, -0.25) is 9.69 Å². The van der Waals surface area contributed by atoms with Crippen LogP contribution in [0.4, 0.5) is 5.69 Å². The number of hydrogen-bond donors (Lipinski definition) is 1. The first-order valence-electron chi connectivity index (χ1n) is 9.38. The lowest BCUT2D eigenvalue weighted by atomic mass is 10.2. The van der Waals surface area contributed by atoms with E-state index in [1.807, 2.05) is 37.3 Å². The largest absolute Gasteiger partial charge is 0.494 e. The predicted molar refractivity (Wildman–Crippen MR) is 116 cm³/mol. The van der Waals surface area contributed by atoms with Crippen molar-refractivity contribution in [1.29, 1.82) is 0 Å². The summed E-state index contributed by atoms with van der Waals surface area (Å²) in [6.45, 7) is 5.08. The molecule has 2 aromatic rings. The van der Waals surface area contributed by atoms with Crippen molar-refractivity contribution in [1.82, 2.24) is 4.90 Å². The first-order chi connectivity index (χ1) is 14.0. The molecule has 0 atom stereocenters. The molecule has 0 aromatic heterocycles. The zero-order valence-corrected chi connectivity index (χ0v) is 17.1. The summed E-state index contributed by atoms with van der Waals surface area (Å²) in [5.41, 5.74) is 1.55. The van der Waals surface area contributed by atoms with Gasteiger partial charge in [-0.25, -0.2) is 9.79 Å². The minimum absolute atomic E-state index is 0.114. The molecule has 2 aromatic carbocycles. The van der Waals surface area contributed by atoms with Gasteiger partial charge in [0.15, 0.2) is 5.17 Å². The van der Waals surface area contributed by atoms with E-state index in [9.17, 15) is 9.59 Å². The van der Waals surface area contributed by atoms with E-state index in [4.69, 9.17) is 9.84 Å². The number of carboxylic acid groups (broad SMARTS) is 1. The Labute approximate surface area is 173 Å². The molecule has 6 nitrogen and oxygen atoms in total. The number of hydrogen-bond acceptors (Lipinski definition) is 5. The van der Waals surface area contributed by atoms with Crippen LogP contribution in [-0.4, -0.2) is 40.2 Å². The normalized spacial score (nSPS) is 16.6. The maximum Gasteiger partial charge on any atom is 0.335 e. The van der Waals surface area contributed by atoms with Crippen LogP contribution in [0.5, 0.6) is 5.75 Å². The Balaban J connectivity index is 1.84. The van der Waals surface area contributed by atoms with Crippen LogP contribution >= 0.6 is 11.8 Å². The van der Waals surface area contributed by atoms with E-state index in [0.29, 0.717) is 28.9 Å². The lowest BCUT2D eigenvalue weighted by Gasteiger charge is -2.12. The van der Waals surface area contributed by atoms with Gasteiger partial charge in [0.2, 0.25) is 0 Å². The Kier molecular flexibility index (Phi) is 6.72. The van der Waals surface area contributed by atoms with E-state index >= 15 is 0 Å². The highest BCUT2D eigenvalue weighted by atomic mass is 32.2. The minimum Gasteiger partial charge on any atom is -0.494 e. The smallest absolute Gasteiger partial charge is 0.335 e. The van der Waals surface area contributed by atoms with Crippen LogP contribution in [0.25, 0.3) is 6.08 Å². The molecule has 1 saturated heterocycles. The number of carboxylic acids is 1. The van der Waals surface area contributed by atoms with E-state index in [1.54, 1.807) is 17.0 Å². The van der Waals surface area contributed by atoms with Crippen molar-refractivity contribution in [3.05, 3.63) is 64.6 Å². The highest BCUT2D eigenvalue weighted by Gasteiger charge is 2.32. The molecule has 1 fully saturated rings. The Morgan fingerprint density at radius 3 is 2.62 bits per heavy atom. The third-order valence-electron chi connectivity index (χ3n) is 4.17. The van der Waals surface area contributed by atoms with Crippen molar-refractivity contribution in [3.63, 3.8) is 0 Å². The molecule has 1 aliphatic rings. The number of nitrogens with zero attached hydrogens (tertiary/aromatic N) is 2. The average Bonchev–Trinajstić information content (AvgIpc) is 3.01. The maximum atomic E-state index is 12.8. The molecule has 3 rings (SSSR count). The van der Waals surface area contributed by atoms with E-state index < -0.39 is 5.97 Å². The van der Waals surface area contributed by atoms with Crippen LogP contribution < -0.4 is 4.74 Å². The molecule has 1 aliphatic heterocycles. The van der Waals surface area contributed by atoms with Crippen molar-refractivity contribution in [2.75, 3.05) is 13.2 Å². The second-order valence-electron chi connectivity index (χ2n) is 6.33. The number of carbonyl (C=O) groups excluding carboxylic acids is 1. The molecule has 1 heterocycles. The van der Waals surface area contributed by atoms with Crippen molar-refractivity contribution in [2.45, 2.75) is 20.3 Å². The zero-order valence-electron chi connectivity index (χ0n) is 16.3. The van der Waals surface area contributed by atoms with Gasteiger partial charge >= 0.3 is 5.97 Å². The average molecular weight is 410 g/mol. The lowest BCUT2D eigenvalue weighted by molar-refractivity contribution is -0.122. The second-order valence-corrected chi connectivity index (χ2v) is 7.34. The molecule has 1 N–H and O–H groups in total. The van der Waals surface area contributed by atoms with Crippen LogP contribution in [0, 0.1) is 0 Å². The summed E-state index contributed by atoms with van der Waals surface area (Å²) in [7, 11) is 0. The molecular formula is C22H22N2O4S. The molecule has 7 heteroatoms. The van der Waals surface area contributed by atoms with Crippen molar-refractivity contribution < 1.29 is 19.4 Å². The molecule has 0 unspecified atom stereocenters. The summed E-state index contributed by atoms with van der Waals surface area (Å²) in [6.07, 6.45) is 2.77. The van der Waals surface area contributed by atoms with E-state index in [0.717, 1.165) is 17.7 Å². The van der Waals surface area contributed by atoms with Gasteiger partial charge in [-0.15, -0.1) is 0 Å². The molecule has 1 amide bonds. The predicted octanol–water partition coefficient (Wildman–Crippen LogP) is 4.80. The number of rotatable bonds is 7. The van der Waals surface area contributed by atoms with Gasteiger partial charge in [0.1, 0.15) is 5.75 Å². The van der Waals surface area contributed by atoms with Crippen LogP contribution in [0.3, 0.4) is 0 Å². The summed E-state index contributed by atoms with van der Waals surface area (Å²) in [4.78, 5) is 30.6. The SMILES string of the molecule is CCCOc1ccc(/C=C2\SC(=Nc3cccc(C(=O)O)c3)N(CC)C2=O)cc1.